The molecule has 222 valence electrons. The number of aromatic amines is 1. The minimum absolute atomic E-state index is 0.0297. The number of benzene rings is 1. The van der Waals surface area contributed by atoms with Gasteiger partial charge in [-0.1, -0.05) is 52.3 Å². The van der Waals surface area contributed by atoms with Crippen molar-refractivity contribution < 1.29 is 24.3 Å². The zero-order valence-electron chi connectivity index (χ0n) is 24.0. The molecule has 0 radical (unpaired) electrons. The predicted molar refractivity (Wildman–Crippen MR) is 155 cm³/mol. The first kappa shape index (κ1) is 32.8. The van der Waals surface area contributed by atoms with Crippen molar-refractivity contribution in [1.29, 1.82) is 0 Å². The number of hydrogen-bond donors (Lipinski definition) is 7. The van der Waals surface area contributed by atoms with Gasteiger partial charge in [0.05, 0.1) is 6.04 Å². The Morgan fingerprint density at radius 3 is 2.05 bits per heavy atom. The van der Waals surface area contributed by atoms with Gasteiger partial charge in [-0.15, -0.1) is 0 Å². The molecule has 1 aromatic carbocycles. The lowest BCUT2D eigenvalue weighted by Gasteiger charge is -2.26. The number of amides is 3. The lowest BCUT2D eigenvalue weighted by atomic mass is 9.99. The molecule has 2 rings (SSSR count). The Kier molecular flexibility index (Phi) is 13.1. The third-order valence-electron chi connectivity index (χ3n) is 6.70. The van der Waals surface area contributed by atoms with Gasteiger partial charge in [-0.3, -0.25) is 14.4 Å². The van der Waals surface area contributed by atoms with Crippen LogP contribution in [-0.4, -0.2) is 64.5 Å². The summed E-state index contributed by atoms with van der Waals surface area (Å²) < 4.78 is 0. The second kappa shape index (κ2) is 16.0. The van der Waals surface area contributed by atoms with Gasteiger partial charge in [0.15, 0.2) is 0 Å². The second-order valence-electron chi connectivity index (χ2n) is 11.2. The van der Waals surface area contributed by atoms with Gasteiger partial charge in [-0.25, -0.2) is 4.79 Å². The zero-order chi connectivity index (χ0) is 29.8. The predicted octanol–water partition coefficient (Wildman–Crippen LogP) is 1.80. The fraction of sp³-hybridized carbons (Fsp3) is 0.586. The number of unbranched alkanes of at least 4 members (excludes halogenated alkanes) is 1. The minimum atomic E-state index is -1.13. The van der Waals surface area contributed by atoms with Crippen LogP contribution in [0.3, 0.4) is 0 Å². The molecule has 1 heterocycles. The Balaban J connectivity index is 2.27. The topological polar surface area (TPSA) is 192 Å². The summed E-state index contributed by atoms with van der Waals surface area (Å²) in [6, 6.07) is 3.74. The number of nitrogens with one attached hydrogen (secondary N) is 4. The van der Waals surface area contributed by atoms with Crippen molar-refractivity contribution in [3.05, 3.63) is 36.0 Å². The Morgan fingerprint density at radius 2 is 1.43 bits per heavy atom. The van der Waals surface area contributed by atoms with Crippen LogP contribution in [-0.2, 0) is 25.6 Å². The summed E-state index contributed by atoms with van der Waals surface area (Å²) in [6.45, 7) is 8.04. The van der Waals surface area contributed by atoms with Crippen LogP contribution in [0, 0.1) is 11.8 Å². The number of nitrogens with two attached hydrogens (primary N) is 2. The molecule has 2 aromatic rings. The number of hydrogen-bond acceptors (Lipinski definition) is 6. The van der Waals surface area contributed by atoms with E-state index in [1.165, 1.54) is 0 Å². The SMILES string of the molecule is CC(C)CC(NC(=O)C(CC(C)C)NC(=O)C(Cc1c[nH]c2ccccc12)NC(=O)C(N)CCCCN)C(=O)O. The summed E-state index contributed by atoms with van der Waals surface area (Å²) in [5.74, 6) is -2.66. The Bertz CT molecular complexity index is 1130. The molecule has 4 unspecified atom stereocenters. The fourth-order valence-electron chi connectivity index (χ4n) is 4.59. The van der Waals surface area contributed by atoms with E-state index in [0.717, 1.165) is 22.9 Å². The van der Waals surface area contributed by atoms with E-state index >= 15 is 0 Å². The number of aliphatic carboxylic acids is 1. The van der Waals surface area contributed by atoms with Crippen LogP contribution in [0.25, 0.3) is 10.9 Å². The van der Waals surface area contributed by atoms with Gasteiger partial charge in [0, 0.05) is 23.5 Å². The normalized spacial score (nSPS) is 14.5. The van der Waals surface area contributed by atoms with Crippen molar-refractivity contribution in [1.82, 2.24) is 20.9 Å². The van der Waals surface area contributed by atoms with E-state index in [0.29, 0.717) is 19.4 Å². The first-order chi connectivity index (χ1) is 18.9. The van der Waals surface area contributed by atoms with Crippen molar-refractivity contribution in [3.63, 3.8) is 0 Å². The van der Waals surface area contributed by atoms with Crippen molar-refractivity contribution in [2.75, 3.05) is 6.54 Å². The van der Waals surface area contributed by atoms with Crippen LogP contribution in [0.1, 0.15) is 65.4 Å². The third-order valence-corrected chi connectivity index (χ3v) is 6.70. The van der Waals surface area contributed by atoms with Gasteiger partial charge >= 0.3 is 5.97 Å². The van der Waals surface area contributed by atoms with Crippen molar-refractivity contribution in [3.8, 4) is 0 Å². The molecule has 0 fully saturated rings. The molecule has 0 spiro atoms. The summed E-state index contributed by atoms with van der Waals surface area (Å²) in [5, 5.41) is 18.6. The Morgan fingerprint density at radius 1 is 0.850 bits per heavy atom. The maximum Gasteiger partial charge on any atom is 0.326 e. The van der Waals surface area contributed by atoms with Crippen LogP contribution in [0.5, 0.6) is 0 Å². The lowest BCUT2D eigenvalue weighted by molar-refractivity contribution is -0.143. The third kappa shape index (κ3) is 10.3. The summed E-state index contributed by atoms with van der Waals surface area (Å²) in [7, 11) is 0. The standard InChI is InChI=1S/C29H46N6O5/c1-17(2)13-23(27(37)35-25(29(39)40)14-18(3)4)34-28(38)24(33-26(36)21(31)10-7-8-12-30)15-19-16-32-22-11-6-5-9-20(19)22/h5-6,9,11,16-18,21,23-25,32H,7-8,10,12-15,30-31H2,1-4H3,(H,33,36)(H,34,38)(H,35,37)(H,39,40). The second-order valence-corrected chi connectivity index (χ2v) is 11.2. The highest BCUT2D eigenvalue weighted by Gasteiger charge is 2.31. The first-order valence-corrected chi connectivity index (χ1v) is 14.1. The van der Waals surface area contributed by atoms with Crippen LogP contribution in [0.4, 0.5) is 0 Å². The van der Waals surface area contributed by atoms with Gasteiger partial charge in [-0.2, -0.15) is 0 Å². The van der Waals surface area contributed by atoms with E-state index in [1.54, 1.807) is 6.20 Å². The van der Waals surface area contributed by atoms with E-state index in [1.807, 2.05) is 52.0 Å². The van der Waals surface area contributed by atoms with Gasteiger partial charge in [0.25, 0.3) is 0 Å². The maximum absolute atomic E-state index is 13.6. The van der Waals surface area contributed by atoms with Crippen molar-refractivity contribution in [2.24, 2.45) is 23.3 Å². The molecule has 0 aliphatic rings. The molecule has 11 heteroatoms. The van der Waals surface area contributed by atoms with Gasteiger partial charge < -0.3 is 37.5 Å². The molecule has 0 aliphatic heterocycles. The number of carboxylic acids is 1. The number of carbonyl (C=O) groups excluding carboxylic acids is 3. The summed E-state index contributed by atoms with van der Waals surface area (Å²) in [5.41, 5.74) is 13.4. The Labute approximate surface area is 236 Å². The molecule has 0 saturated carbocycles. The molecule has 1 aromatic heterocycles. The fourth-order valence-corrected chi connectivity index (χ4v) is 4.59. The number of aromatic nitrogens is 1. The van der Waals surface area contributed by atoms with Gasteiger partial charge in [-0.05, 0) is 55.7 Å². The highest BCUT2D eigenvalue weighted by molar-refractivity contribution is 5.94. The molecular weight excluding hydrogens is 512 g/mol. The average Bonchev–Trinajstić information content (AvgIpc) is 3.29. The van der Waals surface area contributed by atoms with E-state index < -0.39 is 47.9 Å². The van der Waals surface area contributed by atoms with Crippen molar-refractivity contribution in [2.45, 2.75) is 90.4 Å². The van der Waals surface area contributed by atoms with Crippen LogP contribution in [0.2, 0.25) is 0 Å². The molecular formula is C29H46N6O5. The monoisotopic (exact) mass is 558 g/mol. The molecule has 3 amide bonds. The van der Waals surface area contributed by atoms with Gasteiger partial charge in [0.1, 0.15) is 18.1 Å². The largest absolute Gasteiger partial charge is 0.480 e. The smallest absolute Gasteiger partial charge is 0.326 e. The summed E-state index contributed by atoms with van der Waals surface area (Å²) >= 11 is 0. The molecule has 11 nitrogen and oxygen atoms in total. The first-order valence-electron chi connectivity index (χ1n) is 14.1. The number of carbonyl (C=O) groups is 4. The number of carboxylic acid groups (broad SMARTS) is 1. The highest BCUT2D eigenvalue weighted by Crippen LogP contribution is 2.19. The molecule has 0 bridgehead atoms. The number of H-pyrrole nitrogens is 1. The van der Waals surface area contributed by atoms with Crippen molar-refractivity contribution >= 4 is 34.6 Å². The average molecular weight is 559 g/mol. The van der Waals surface area contributed by atoms with E-state index in [4.69, 9.17) is 11.5 Å². The van der Waals surface area contributed by atoms with E-state index in [-0.39, 0.29) is 31.1 Å². The van der Waals surface area contributed by atoms with Gasteiger partial charge in [0.2, 0.25) is 17.7 Å². The minimum Gasteiger partial charge on any atom is -0.480 e. The number of para-hydroxylation sites is 1. The summed E-state index contributed by atoms with van der Waals surface area (Å²) in [4.78, 5) is 54.7. The number of fused-ring (bicyclic) bond motifs is 1. The molecule has 9 N–H and O–H groups in total. The van der Waals surface area contributed by atoms with E-state index in [2.05, 4.69) is 20.9 Å². The zero-order valence-corrected chi connectivity index (χ0v) is 24.0. The van der Waals surface area contributed by atoms with Crippen LogP contribution >= 0.6 is 0 Å². The highest BCUT2D eigenvalue weighted by atomic mass is 16.4. The summed E-state index contributed by atoms with van der Waals surface area (Å²) in [6.07, 6.45) is 4.35. The number of rotatable bonds is 17. The van der Waals surface area contributed by atoms with E-state index in [9.17, 15) is 24.3 Å². The quantitative estimate of drug-likeness (QED) is 0.144. The van der Waals surface area contributed by atoms with Crippen LogP contribution in [0.15, 0.2) is 30.5 Å². The molecule has 4 atom stereocenters. The van der Waals surface area contributed by atoms with Crippen LogP contribution < -0.4 is 27.4 Å². The molecule has 0 saturated heterocycles. The maximum atomic E-state index is 13.6. The molecule has 40 heavy (non-hydrogen) atoms. The molecule has 0 aliphatic carbocycles. The lowest BCUT2D eigenvalue weighted by Crippen LogP contribution is -2.58. The Hall–Kier alpha value is -3.44.